The molecule has 6 nitrogen and oxygen atoms in total. The zero-order chi connectivity index (χ0) is 18.2. The van der Waals surface area contributed by atoms with Crippen LogP contribution in [0.25, 0.3) is 0 Å². The molecule has 0 unspecified atom stereocenters. The van der Waals surface area contributed by atoms with E-state index in [4.69, 9.17) is 10.3 Å². The third-order valence-corrected chi connectivity index (χ3v) is 2.95. The van der Waals surface area contributed by atoms with E-state index in [1.54, 1.807) is 12.3 Å². The van der Waals surface area contributed by atoms with Crippen molar-refractivity contribution >= 4 is 5.69 Å². The van der Waals surface area contributed by atoms with Gasteiger partial charge in [0.1, 0.15) is 12.3 Å². The van der Waals surface area contributed by atoms with Crippen LogP contribution in [0.3, 0.4) is 0 Å². The van der Waals surface area contributed by atoms with Crippen molar-refractivity contribution in [1.82, 2.24) is 4.98 Å². The van der Waals surface area contributed by atoms with E-state index in [2.05, 4.69) is 20.2 Å². The number of halogens is 3. The normalized spacial score (nSPS) is 11.3. The van der Waals surface area contributed by atoms with Gasteiger partial charge in [-0.25, -0.2) is 14.9 Å². The topological polar surface area (TPSA) is 79.6 Å². The molecule has 0 amide bonds. The summed E-state index contributed by atoms with van der Waals surface area (Å²) in [4.78, 5) is 4.05. The molecule has 9 heteroatoms. The molecule has 0 fully saturated rings. The molecule has 0 radical (unpaired) electrons. The predicted octanol–water partition coefficient (Wildman–Crippen LogP) is 4.49. The highest BCUT2D eigenvalue weighted by Gasteiger charge is 2.10. The molecule has 0 saturated carbocycles. The van der Waals surface area contributed by atoms with Crippen LogP contribution < -0.4 is 14.8 Å². The highest BCUT2D eigenvalue weighted by Crippen LogP contribution is 2.23. The molecule has 2 N–H and O–H groups in total. The van der Waals surface area contributed by atoms with E-state index in [1.165, 1.54) is 12.3 Å². The molecule has 0 spiro atoms. The maximum Gasteiger partial charge on any atom is 0.387 e. The lowest BCUT2D eigenvalue weighted by molar-refractivity contribution is -0.0521. The number of ether oxygens (including phenoxy) is 2. The van der Waals surface area contributed by atoms with Crippen LogP contribution in [0.15, 0.2) is 53.5 Å². The summed E-state index contributed by atoms with van der Waals surface area (Å²) in [5.41, 5.74) is 8.60. The molecule has 1 aromatic carbocycles. The molecule has 0 aliphatic carbocycles. The van der Waals surface area contributed by atoms with Gasteiger partial charge in [-0.05, 0) is 24.6 Å². The lowest BCUT2D eigenvalue weighted by Gasteiger charge is -2.09. The van der Waals surface area contributed by atoms with Gasteiger partial charge in [0.15, 0.2) is 11.6 Å². The van der Waals surface area contributed by atoms with Gasteiger partial charge in [-0.1, -0.05) is 6.07 Å². The lowest BCUT2D eigenvalue weighted by Crippen LogP contribution is -2.05. The zero-order valence-electron chi connectivity index (χ0n) is 13.2. The van der Waals surface area contributed by atoms with Crippen LogP contribution >= 0.6 is 0 Å². The van der Waals surface area contributed by atoms with Gasteiger partial charge in [0, 0.05) is 30.2 Å². The first kappa shape index (κ1) is 18.2. The first-order valence-corrected chi connectivity index (χ1v) is 7.11. The maximum atomic E-state index is 13.4. The summed E-state index contributed by atoms with van der Waals surface area (Å²) in [6.07, 6.45) is 2.97. The smallest absolute Gasteiger partial charge is 0.387 e. The highest BCUT2D eigenvalue weighted by molar-refractivity contribution is 5.51. The standard InChI is InChI=1S/C16H15F3N4O2/c1-10-2-5-15(22-7-10)24-9-12(23-20)8-21-11-3-4-13(17)14(6-11)25-16(18)19/h2-8,16,20-21H,9H2,1H3/b12-8-,23-20?. The summed E-state index contributed by atoms with van der Waals surface area (Å²) in [5, 5.41) is 6.01. The fourth-order valence-electron chi connectivity index (χ4n) is 1.74. The SMILES string of the molecule is Cc1ccc(OC/C(=C/Nc2ccc(F)c(OC(F)F)c2)N=N)nc1. The average molecular weight is 352 g/mol. The predicted molar refractivity (Wildman–Crippen MR) is 84.4 cm³/mol. The molecule has 2 aromatic rings. The van der Waals surface area contributed by atoms with Crippen molar-refractivity contribution in [3.8, 4) is 11.6 Å². The van der Waals surface area contributed by atoms with Crippen molar-refractivity contribution in [2.24, 2.45) is 5.11 Å². The fraction of sp³-hybridized carbons (Fsp3) is 0.188. The Kier molecular flexibility index (Phi) is 6.33. The van der Waals surface area contributed by atoms with Crippen LogP contribution in [0.2, 0.25) is 0 Å². The van der Waals surface area contributed by atoms with Gasteiger partial charge in [-0.15, -0.1) is 0 Å². The molecule has 2 rings (SSSR count). The van der Waals surface area contributed by atoms with Gasteiger partial charge in [-0.2, -0.15) is 13.9 Å². The number of rotatable bonds is 8. The Bertz CT molecular complexity index is 752. The van der Waals surface area contributed by atoms with Crippen LogP contribution in [0, 0.1) is 18.3 Å². The summed E-state index contributed by atoms with van der Waals surface area (Å²) in [7, 11) is 0. The fourth-order valence-corrected chi connectivity index (χ4v) is 1.74. The second-order valence-electron chi connectivity index (χ2n) is 4.88. The van der Waals surface area contributed by atoms with Crippen LogP contribution in [-0.2, 0) is 0 Å². The molecule has 0 atom stereocenters. The highest BCUT2D eigenvalue weighted by atomic mass is 19.3. The molecule has 1 heterocycles. The van der Waals surface area contributed by atoms with E-state index in [-0.39, 0.29) is 18.0 Å². The lowest BCUT2D eigenvalue weighted by atomic mass is 10.3. The van der Waals surface area contributed by atoms with Gasteiger partial charge in [0.25, 0.3) is 0 Å². The number of aryl methyl sites for hydroxylation is 1. The summed E-state index contributed by atoms with van der Waals surface area (Å²) in [6, 6.07) is 6.89. The second kappa shape index (κ2) is 8.67. The molecule has 0 saturated heterocycles. The average Bonchev–Trinajstić information content (AvgIpc) is 2.59. The summed E-state index contributed by atoms with van der Waals surface area (Å²) < 4.78 is 47.2. The number of nitrogens with one attached hydrogen (secondary N) is 2. The number of benzene rings is 1. The molecular weight excluding hydrogens is 337 g/mol. The Balaban J connectivity index is 2.00. The van der Waals surface area contributed by atoms with Crippen molar-refractivity contribution in [1.29, 1.82) is 5.53 Å². The van der Waals surface area contributed by atoms with E-state index < -0.39 is 18.2 Å². The van der Waals surface area contributed by atoms with Gasteiger partial charge in [0.2, 0.25) is 5.88 Å². The van der Waals surface area contributed by atoms with Gasteiger partial charge in [-0.3, -0.25) is 0 Å². The largest absolute Gasteiger partial charge is 0.471 e. The number of hydrogen-bond donors (Lipinski definition) is 2. The molecule has 0 aliphatic heterocycles. The summed E-state index contributed by atoms with van der Waals surface area (Å²) >= 11 is 0. The molecule has 132 valence electrons. The third-order valence-electron chi connectivity index (χ3n) is 2.95. The number of aromatic nitrogens is 1. The molecule has 1 aromatic heterocycles. The first-order chi connectivity index (χ1) is 12.0. The first-order valence-electron chi connectivity index (χ1n) is 7.11. The Hall–Kier alpha value is -3.10. The van der Waals surface area contributed by atoms with Crippen molar-refractivity contribution in [2.45, 2.75) is 13.5 Å². The van der Waals surface area contributed by atoms with Crippen LogP contribution in [-0.4, -0.2) is 18.2 Å². The third kappa shape index (κ3) is 5.79. The van der Waals surface area contributed by atoms with Crippen molar-refractivity contribution in [3.63, 3.8) is 0 Å². The van der Waals surface area contributed by atoms with E-state index in [0.29, 0.717) is 5.88 Å². The Morgan fingerprint density at radius 2 is 2.16 bits per heavy atom. The Labute approximate surface area is 141 Å². The molecule has 0 bridgehead atoms. The minimum atomic E-state index is -3.13. The monoisotopic (exact) mass is 352 g/mol. The maximum absolute atomic E-state index is 13.4. The zero-order valence-corrected chi connectivity index (χ0v) is 13.2. The molecular formula is C16H15F3N4O2. The Morgan fingerprint density at radius 1 is 1.36 bits per heavy atom. The minimum absolute atomic E-state index is 0.0336. The van der Waals surface area contributed by atoms with Gasteiger partial charge >= 0.3 is 6.61 Å². The van der Waals surface area contributed by atoms with E-state index in [9.17, 15) is 13.2 Å². The minimum Gasteiger partial charge on any atom is -0.471 e. The number of nitrogens with zero attached hydrogens (tertiary/aromatic N) is 2. The number of pyridine rings is 1. The quantitative estimate of drug-likeness (QED) is 0.686. The second-order valence-corrected chi connectivity index (χ2v) is 4.88. The van der Waals surface area contributed by atoms with E-state index in [0.717, 1.165) is 17.7 Å². The molecule has 25 heavy (non-hydrogen) atoms. The summed E-state index contributed by atoms with van der Waals surface area (Å²) in [6.45, 7) is -1.27. The number of alkyl halides is 2. The van der Waals surface area contributed by atoms with Crippen LogP contribution in [0.4, 0.5) is 18.9 Å². The van der Waals surface area contributed by atoms with Crippen molar-refractivity contribution < 1.29 is 22.6 Å². The number of hydrogen-bond acceptors (Lipinski definition) is 6. The van der Waals surface area contributed by atoms with Gasteiger partial charge < -0.3 is 14.8 Å². The van der Waals surface area contributed by atoms with Crippen LogP contribution in [0.5, 0.6) is 11.6 Å². The molecule has 0 aliphatic rings. The van der Waals surface area contributed by atoms with E-state index >= 15 is 0 Å². The van der Waals surface area contributed by atoms with Crippen molar-refractivity contribution in [3.05, 3.63) is 59.8 Å². The Morgan fingerprint density at radius 3 is 2.80 bits per heavy atom. The number of anilines is 1. The van der Waals surface area contributed by atoms with E-state index in [1.807, 2.05) is 13.0 Å². The summed E-state index contributed by atoms with van der Waals surface area (Å²) in [5.74, 6) is -1.12. The van der Waals surface area contributed by atoms with Crippen LogP contribution in [0.1, 0.15) is 5.56 Å². The van der Waals surface area contributed by atoms with Crippen molar-refractivity contribution in [2.75, 3.05) is 11.9 Å². The van der Waals surface area contributed by atoms with Gasteiger partial charge in [0.05, 0.1) is 0 Å².